The quantitative estimate of drug-likeness (QED) is 0.752. The van der Waals surface area contributed by atoms with E-state index in [-0.39, 0.29) is 5.56 Å². The van der Waals surface area contributed by atoms with Crippen molar-refractivity contribution in [1.29, 1.82) is 0 Å². The summed E-state index contributed by atoms with van der Waals surface area (Å²) in [6.07, 6.45) is 4.29. The molecule has 0 bridgehead atoms. The molecule has 1 fully saturated rings. The Kier molecular flexibility index (Phi) is 5.55. The van der Waals surface area contributed by atoms with Gasteiger partial charge in [-0.05, 0) is 25.0 Å². The molecule has 0 saturated carbocycles. The third-order valence-corrected chi connectivity index (χ3v) is 4.79. The number of H-pyrrole nitrogens is 1. The van der Waals surface area contributed by atoms with E-state index in [1.54, 1.807) is 12.4 Å². The molecule has 7 heteroatoms. The second kappa shape index (κ2) is 8.41. The van der Waals surface area contributed by atoms with E-state index in [2.05, 4.69) is 37.0 Å². The third kappa shape index (κ3) is 4.32. The van der Waals surface area contributed by atoms with Crippen LogP contribution in [-0.4, -0.2) is 51.1 Å². The smallest absolute Gasteiger partial charge is 0.251 e. The van der Waals surface area contributed by atoms with E-state index in [0.717, 1.165) is 50.5 Å². The first kappa shape index (κ1) is 18.5. The number of nitrogens with one attached hydrogen (secondary N) is 1. The lowest BCUT2D eigenvalue weighted by molar-refractivity contribution is 0.140. The summed E-state index contributed by atoms with van der Waals surface area (Å²) < 4.78 is 5.53. The average molecular weight is 377 g/mol. The Balaban J connectivity index is 1.64. The molecule has 3 aromatic rings. The van der Waals surface area contributed by atoms with E-state index in [1.807, 2.05) is 19.1 Å². The number of aryl methyl sites for hydroxylation is 1. The van der Waals surface area contributed by atoms with Crippen molar-refractivity contribution in [3.05, 3.63) is 64.3 Å². The van der Waals surface area contributed by atoms with Crippen LogP contribution in [0, 0.1) is 6.92 Å². The molecule has 144 valence electrons. The van der Waals surface area contributed by atoms with Crippen molar-refractivity contribution < 1.29 is 4.74 Å². The molecular weight excluding hydrogens is 354 g/mol. The zero-order valence-electron chi connectivity index (χ0n) is 15.9. The molecule has 1 saturated heterocycles. The molecular formula is C21H23N5O2. The van der Waals surface area contributed by atoms with Gasteiger partial charge in [0.25, 0.3) is 5.56 Å². The van der Waals surface area contributed by atoms with Gasteiger partial charge in [-0.15, -0.1) is 0 Å². The number of nitrogens with zero attached hydrogens (tertiary/aromatic N) is 4. The van der Waals surface area contributed by atoms with Gasteiger partial charge < -0.3 is 9.72 Å². The third-order valence-electron chi connectivity index (χ3n) is 4.79. The molecule has 28 heavy (non-hydrogen) atoms. The number of benzene rings is 1. The predicted molar refractivity (Wildman–Crippen MR) is 107 cm³/mol. The molecule has 1 aromatic carbocycles. The fourth-order valence-corrected chi connectivity index (χ4v) is 3.41. The minimum atomic E-state index is -0.208. The van der Waals surface area contributed by atoms with Crippen LogP contribution in [0.3, 0.4) is 0 Å². The lowest BCUT2D eigenvalue weighted by atomic mass is 10.1. The maximum absolute atomic E-state index is 12.2. The molecule has 7 nitrogen and oxygen atoms in total. The maximum atomic E-state index is 12.2. The first-order valence-corrected chi connectivity index (χ1v) is 9.48. The summed E-state index contributed by atoms with van der Waals surface area (Å²) in [5.41, 5.74) is 3.74. The van der Waals surface area contributed by atoms with Gasteiger partial charge in [-0.2, -0.15) is 0 Å². The Hall–Kier alpha value is -2.90. The number of aromatic nitrogens is 4. The largest absolute Gasteiger partial charge is 0.380 e. The Morgan fingerprint density at radius 2 is 2.04 bits per heavy atom. The summed E-state index contributed by atoms with van der Waals surface area (Å²) >= 11 is 0. The highest BCUT2D eigenvalue weighted by atomic mass is 16.5. The van der Waals surface area contributed by atoms with Crippen molar-refractivity contribution in [2.24, 2.45) is 0 Å². The SMILES string of the molecule is Cc1nccnc1-c1cc(=O)[nH]c(-c2cccc(CN3CCCOCC3)c2)n1. The van der Waals surface area contributed by atoms with Crippen LogP contribution in [0.1, 0.15) is 17.7 Å². The molecule has 0 aliphatic carbocycles. The van der Waals surface area contributed by atoms with E-state index in [4.69, 9.17) is 4.74 Å². The van der Waals surface area contributed by atoms with Gasteiger partial charge in [0, 0.05) is 50.3 Å². The molecule has 3 heterocycles. The van der Waals surface area contributed by atoms with Crippen LogP contribution in [0.4, 0.5) is 0 Å². The van der Waals surface area contributed by atoms with Crippen LogP contribution in [0.15, 0.2) is 47.5 Å². The van der Waals surface area contributed by atoms with E-state index in [0.29, 0.717) is 17.2 Å². The van der Waals surface area contributed by atoms with E-state index in [9.17, 15) is 4.79 Å². The van der Waals surface area contributed by atoms with Gasteiger partial charge in [-0.1, -0.05) is 18.2 Å². The zero-order chi connectivity index (χ0) is 19.3. The molecule has 0 spiro atoms. The van der Waals surface area contributed by atoms with Gasteiger partial charge in [0.2, 0.25) is 0 Å². The average Bonchev–Trinajstić information content (AvgIpc) is 2.97. The van der Waals surface area contributed by atoms with Crippen molar-refractivity contribution in [3.63, 3.8) is 0 Å². The fraction of sp³-hybridized carbons (Fsp3) is 0.333. The Morgan fingerprint density at radius 1 is 1.14 bits per heavy atom. The topological polar surface area (TPSA) is 84.0 Å². The molecule has 0 amide bonds. The van der Waals surface area contributed by atoms with Gasteiger partial charge in [0.1, 0.15) is 11.5 Å². The van der Waals surface area contributed by atoms with E-state index < -0.39 is 0 Å². The molecule has 4 rings (SSSR count). The summed E-state index contributed by atoms with van der Waals surface area (Å²) in [7, 11) is 0. The number of rotatable bonds is 4. The number of ether oxygens (including phenoxy) is 1. The zero-order valence-corrected chi connectivity index (χ0v) is 15.9. The van der Waals surface area contributed by atoms with Crippen LogP contribution in [0.5, 0.6) is 0 Å². The van der Waals surface area contributed by atoms with Gasteiger partial charge in [-0.3, -0.25) is 19.7 Å². The standard InChI is InChI=1S/C21H23N5O2/c1-15-20(23-7-6-22-15)18-13-19(27)25-21(24-18)17-5-2-4-16(12-17)14-26-8-3-10-28-11-9-26/h2,4-7,12-13H,3,8-11,14H2,1H3,(H,24,25,27). The van der Waals surface area contributed by atoms with Crippen LogP contribution in [0.2, 0.25) is 0 Å². The van der Waals surface area contributed by atoms with E-state index >= 15 is 0 Å². The van der Waals surface area contributed by atoms with Crippen LogP contribution in [0.25, 0.3) is 22.8 Å². The highest BCUT2D eigenvalue weighted by Crippen LogP contribution is 2.21. The van der Waals surface area contributed by atoms with Gasteiger partial charge in [0.05, 0.1) is 18.0 Å². The van der Waals surface area contributed by atoms with Crippen LogP contribution >= 0.6 is 0 Å². The number of hydrogen-bond acceptors (Lipinski definition) is 6. The number of hydrogen-bond donors (Lipinski definition) is 1. The van der Waals surface area contributed by atoms with Crippen molar-refractivity contribution in [2.45, 2.75) is 19.9 Å². The van der Waals surface area contributed by atoms with Crippen molar-refractivity contribution in [1.82, 2.24) is 24.8 Å². The predicted octanol–water partition coefficient (Wildman–Crippen LogP) is 2.42. The second-order valence-corrected chi connectivity index (χ2v) is 6.91. The minimum absolute atomic E-state index is 0.208. The fourth-order valence-electron chi connectivity index (χ4n) is 3.41. The van der Waals surface area contributed by atoms with Crippen molar-refractivity contribution >= 4 is 0 Å². The van der Waals surface area contributed by atoms with Crippen LogP contribution in [-0.2, 0) is 11.3 Å². The Bertz CT molecular complexity index is 1010. The summed E-state index contributed by atoms with van der Waals surface area (Å²) in [6, 6.07) is 9.60. The highest BCUT2D eigenvalue weighted by Gasteiger charge is 2.12. The first-order chi connectivity index (χ1) is 13.7. The monoisotopic (exact) mass is 377 g/mol. The molecule has 0 unspecified atom stereocenters. The minimum Gasteiger partial charge on any atom is -0.380 e. The van der Waals surface area contributed by atoms with Crippen molar-refractivity contribution in [2.75, 3.05) is 26.3 Å². The lowest BCUT2D eigenvalue weighted by Crippen LogP contribution is -2.25. The molecule has 0 atom stereocenters. The normalized spacial score (nSPS) is 15.3. The summed E-state index contributed by atoms with van der Waals surface area (Å²) in [4.78, 5) is 30.7. The van der Waals surface area contributed by atoms with E-state index in [1.165, 1.54) is 11.6 Å². The van der Waals surface area contributed by atoms with Gasteiger partial charge >= 0.3 is 0 Å². The second-order valence-electron chi connectivity index (χ2n) is 6.91. The maximum Gasteiger partial charge on any atom is 0.251 e. The summed E-state index contributed by atoms with van der Waals surface area (Å²) in [6.45, 7) is 6.27. The molecule has 0 radical (unpaired) electrons. The van der Waals surface area contributed by atoms with Gasteiger partial charge in [-0.25, -0.2) is 4.98 Å². The van der Waals surface area contributed by atoms with Crippen LogP contribution < -0.4 is 5.56 Å². The molecule has 1 aliphatic rings. The Morgan fingerprint density at radius 3 is 2.93 bits per heavy atom. The summed E-state index contributed by atoms with van der Waals surface area (Å²) in [5.74, 6) is 0.536. The molecule has 2 aromatic heterocycles. The van der Waals surface area contributed by atoms with Crippen molar-refractivity contribution in [3.8, 4) is 22.8 Å². The highest BCUT2D eigenvalue weighted by molar-refractivity contribution is 5.62. The lowest BCUT2D eigenvalue weighted by Gasteiger charge is -2.19. The summed E-state index contributed by atoms with van der Waals surface area (Å²) in [5, 5.41) is 0. The van der Waals surface area contributed by atoms with Gasteiger partial charge in [0.15, 0.2) is 0 Å². The molecule has 1 N–H and O–H groups in total. The first-order valence-electron chi connectivity index (χ1n) is 9.48. The number of aromatic amines is 1. The Labute approximate surface area is 163 Å². The molecule has 1 aliphatic heterocycles.